The van der Waals surface area contributed by atoms with Crippen LogP contribution in [0, 0.1) is 26.7 Å². The van der Waals surface area contributed by atoms with Crippen LogP contribution in [-0.4, -0.2) is 48.4 Å². The lowest BCUT2D eigenvalue weighted by atomic mass is 9.95. The minimum atomic E-state index is 0.0371. The molecule has 28 heavy (non-hydrogen) atoms. The maximum atomic E-state index is 12.9. The van der Waals surface area contributed by atoms with Crippen LogP contribution in [0.3, 0.4) is 0 Å². The molecule has 0 saturated carbocycles. The number of piperidine rings is 1. The maximum Gasteiger partial charge on any atom is 0.289 e. The predicted octanol–water partition coefficient (Wildman–Crippen LogP) is 4.62. The molecule has 1 aromatic heterocycles. The Labute approximate surface area is 169 Å². The van der Waals surface area contributed by atoms with Gasteiger partial charge in [-0.15, -0.1) is 0 Å². The lowest BCUT2D eigenvalue weighted by Crippen LogP contribution is -2.41. The van der Waals surface area contributed by atoms with E-state index in [0.29, 0.717) is 11.7 Å². The van der Waals surface area contributed by atoms with Crippen molar-refractivity contribution in [2.75, 3.05) is 32.7 Å². The molecule has 1 aromatic carbocycles. The standard InChI is InChI=1S/C24H34N2O2/c1-5-26(24(27)23-19(3)16-20(4)28-23)17-21-10-13-25(14-11-21)15-12-22-9-7-6-8-18(22)2/h6-9,16,21H,5,10-15,17H2,1-4H3. The SMILES string of the molecule is CCN(CC1CCN(CCc2ccccc2C)CC1)C(=O)c1oc(C)cc1C. The summed E-state index contributed by atoms with van der Waals surface area (Å²) in [6.45, 7) is 13.0. The van der Waals surface area contributed by atoms with E-state index in [2.05, 4.69) is 43.0 Å². The minimum absolute atomic E-state index is 0.0371. The van der Waals surface area contributed by atoms with Gasteiger partial charge in [-0.05, 0) is 83.2 Å². The summed E-state index contributed by atoms with van der Waals surface area (Å²) >= 11 is 0. The Morgan fingerprint density at radius 2 is 1.86 bits per heavy atom. The smallest absolute Gasteiger partial charge is 0.289 e. The molecule has 0 radical (unpaired) electrons. The Kier molecular flexibility index (Phi) is 6.95. The highest BCUT2D eigenvalue weighted by Crippen LogP contribution is 2.22. The number of carbonyl (C=O) groups is 1. The van der Waals surface area contributed by atoms with Gasteiger partial charge in [0.05, 0.1) is 0 Å². The van der Waals surface area contributed by atoms with Crippen LogP contribution in [0.4, 0.5) is 0 Å². The Bertz CT molecular complexity index is 788. The molecule has 0 atom stereocenters. The van der Waals surface area contributed by atoms with Crippen molar-refractivity contribution < 1.29 is 9.21 Å². The third kappa shape index (κ3) is 5.05. The van der Waals surface area contributed by atoms with E-state index < -0.39 is 0 Å². The second kappa shape index (κ2) is 9.42. The van der Waals surface area contributed by atoms with Gasteiger partial charge in [0.15, 0.2) is 5.76 Å². The fourth-order valence-electron chi connectivity index (χ4n) is 4.23. The van der Waals surface area contributed by atoms with Crippen molar-refractivity contribution in [1.29, 1.82) is 0 Å². The van der Waals surface area contributed by atoms with Gasteiger partial charge in [0.1, 0.15) is 5.76 Å². The van der Waals surface area contributed by atoms with Gasteiger partial charge in [0.2, 0.25) is 0 Å². The molecule has 2 heterocycles. The van der Waals surface area contributed by atoms with Crippen molar-refractivity contribution in [3.8, 4) is 0 Å². The number of benzene rings is 1. The molecule has 1 fully saturated rings. The summed E-state index contributed by atoms with van der Waals surface area (Å²) in [6.07, 6.45) is 3.44. The molecule has 1 aliphatic heterocycles. The van der Waals surface area contributed by atoms with E-state index in [1.54, 1.807) is 0 Å². The first-order chi connectivity index (χ1) is 13.5. The molecule has 152 valence electrons. The van der Waals surface area contributed by atoms with Gasteiger partial charge in [-0.25, -0.2) is 0 Å². The average molecular weight is 383 g/mol. The summed E-state index contributed by atoms with van der Waals surface area (Å²) in [7, 11) is 0. The molecule has 2 aromatic rings. The number of hydrogen-bond donors (Lipinski definition) is 0. The minimum Gasteiger partial charge on any atom is -0.456 e. The van der Waals surface area contributed by atoms with Crippen LogP contribution < -0.4 is 0 Å². The summed E-state index contributed by atoms with van der Waals surface area (Å²) in [6, 6.07) is 10.6. The topological polar surface area (TPSA) is 36.7 Å². The van der Waals surface area contributed by atoms with Gasteiger partial charge >= 0.3 is 0 Å². The molecular weight excluding hydrogens is 348 g/mol. The van der Waals surface area contributed by atoms with Crippen LogP contribution in [0.1, 0.15) is 52.8 Å². The second-order valence-electron chi connectivity index (χ2n) is 8.17. The van der Waals surface area contributed by atoms with Crippen LogP contribution in [0.2, 0.25) is 0 Å². The molecule has 1 saturated heterocycles. The summed E-state index contributed by atoms with van der Waals surface area (Å²) in [4.78, 5) is 17.4. The number of likely N-dealkylation sites (tertiary alicyclic amines) is 1. The molecular formula is C24H34N2O2. The highest BCUT2D eigenvalue weighted by Gasteiger charge is 2.26. The Balaban J connectivity index is 1.48. The van der Waals surface area contributed by atoms with E-state index >= 15 is 0 Å². The first-order valence-corrected chi connectivity index (χ1v) is 10.6. The Morgan fingerprint density at radius 1 is 1.14 bits per heavy atom. The lowest BCUT2D eigenvalue weighted by molar-refractivity contribution is 0.0668. The molecule has 4 heteroatoms. The van der Waals surface area contributed by atoms with E-state index in [1.165, 1.54) is 11.1 Å². The van der Waals surface area contributed by atoms with Crippen molar-refractivity contribution in [3.05, 3.63) is 58.5 Å². The van der Waals surface area contributed by atoms with Gasteiger partial charge in [-0.2, -0.15) is 0 Å². The highest BCUT2D eigenvalue weighted by molar-refractivity contribution is 5.93. The monoisotopic (exact) mass is 382 g/mol. The van der Waals surface area contributed by atoms with Crippen LogP contribution in [0.15, 0.2) is 34.7 Å². The number of furan rings is 1. The molecule has 0 unspecified atom stereocenters. The van der Waals surface area contributed by atoms with Crippen molar-refractivity contribution in [2.24, 2.45) is 5.92 Å². The number of rotatable bonds is 7. The first kappa shape index (κ1) is 20.7. The number of amides is 1. The molecule has 0 spiro atoms. The van der Waals surface area contributed by atoms with Crippen LogP contribution in [0.25, 0.3) is 0 Å². The number of hydrogen-bond acceptors (Lipinski definition) is 3. The third-order valence-electron chi connectivity index (χ3n) is 6.05. The first-order valence-electron chi connectivity index (χ1n) is 10.6. The molecule has 4 nitrogen and oxygen atoms in total. The Hall–Kier alpha value is -2.07. The summed E-state index contributed by atoms with van der Waals surface area (Å²) in [5.74, 6) is 1.93. The van der Waals surface area contributed by atoms with E-state index in [-0.39, 0.29) is 5.91 Å². The molecule has 1 amide bonds. The van der Waals surface area contributed by atoms with Gasteiger partial charge in [-0.1, -0.05) is 24.3 Å². The van der Waals surface area contributed by atoms with E-state index in [1.807, 2.05) is 24.8 Å². The second-order valence-corrected chi connectivity index (χ2v) is 8.17. The number of nitrogens with zero attached hydrogens (tertiary/aromatic N) is 2. The fourth-order valence-corrected chi connectivity index (χ4v) is 4.23. The van der Waals surface area contributed by atoms with Crippen molar-refractivity contribution in [1.82, 2.24) is 9.80 Å². The van der Waals surface area contributed by atoms with Crippen molar-refractivity contribution >= 4 is 5.91 Å². The number of aryl methyl sites for hydroxylation is 3. The van der Waals surface area contributed by atoms with Gasteiger partial charge in [-0.3, -0.25) is 4.79 Å². The summed E-state index contributed by atoms with van der Waals surface area (Å²) < 4.78 is 5.65. The van der Waals surface area contributed by atoms with Crippen molar-refractivity contribution in [3.63, 3.8) is 0 Å². The normalized spacial score (nSPS) is 15.7. The molecule has 0 aliphatic carbocycles. The predicted molar refractivity (Wildman–Crippen MR) is 114 cm³/mol. The quantitative estimate of drug-likeness (QED) is 0.701. The molecule has 3 rings (SSSR count). The summed E-state index contributed by atoms with van der Waals surface area (Å²) in [5.41, 5.74) is 3.78. The zero-order chi connectivity index (χ0) is 20.1. The summed E-state index contributed by atoms with van der Waals surface area (Å²) in [5, 5.41) is 0. The average Bonchev–Trinajstić information content (AvgIpc) is 3.04. The van der Waals surface area contributed by atoms with Crippen molar-refractivity contribution in [2.45, 2.75) is 47.0 Å². The van der Waals surface area contributed by atoms with E-state index in [4.69, 9.17) is 4.42 Å². The molecule has 0 N–H and O–H groups in total. The zero-order valence-corrected chi connectivity index (χ0v) is 17.8. The van der Waals surface area contributed by atoms with E-state index in [9.17, 15) is 4.79 Å². The van der Waals surface area contributed by atoms with Gasteiger partial charge in [0.25, 0.3) is 5.91 Å². The largest absolute Gasteiger partial charge is 0.456 e. The number of carbonyl (C=O) groups excluding carboxylic acids is 1. The Morgan fingerprint density at radius 3 is 2.46 bits per heavy atom. The van der Waals surface area contributed by atoms with Crippen LogP contribution in [0.5, 0.6) is 0 Å². The molecule has 0 bridgehead atoms. The zero-order valence-electron chi connectivity index (χ0n) is 17.8. The lowest BCUT2D eigenvalue weighted by Gasteiger charge is -2.34. The van der Waals surface area contributed by atoms with E-state index in [0.717, 1.165) is 63.3 Å². The molecule has 1 aliphatic rings. The van der Waals surface area contributed by atoms with Crippen LogP contribution in [-0.2, 0) is 6.42 Å². The fraction of sp³-hybridized carbons (Fsp3) is 0.542. The highest BCUT2D eigenvalue weighted by atomic mass is 16.4. The van der Waals surface area contributed by atoms with Crippen LogP contribution >= 0.6 is 0 Å². The maximum absolute atomic E-state index is 12.9. The van der Waals surface area contributed by atoms with Gasteiger partial charge in [0, 0.05) is 25.2 Å². The van der Waals surface area contributed by atoms with Gasteiger partial charge < -0.3 is 14.2 Å². The third-order valence-corrected chi connectivity index (χ3v) is 6.05.